The van der Waals surface area contributed by atoms with Crippen molar-refractivity contribution in [2.45, 2.75) is 39.5 Å². The van der Waals surface area contributed by atoms with Gasteiger partial charge in [-0.15, -0.1) is 0 Å². The van der Waals surface area contributed by atoms with Gasteiger partial charge in [-0.3, -0.25) is 4.79 Å². The van der Waals surface area contributed by atoms with Gasteiger partial charge in [0.05, 0.1) is 0 Å². The zero-order valence-electron chi connectivity index (χ0n) is 11.2. The Bertz CT molecular complexity index is 411. The number of carbonyl (C=O) groups excluding carboxylic acids is 1. The van der Waals surface area contributed by atoms with E-state index in [1.54, 1.807) is 6.20 Å². The van der Waals surface area contributed by atoms with Crippen molar-refractivity contribution in [1.82, 2.24) is 14.9 Å². The molecule has 0 aliphatic carbocycles. The zero-order chi connectivity index (χ0) is 13.0. The molecule has 98 valence electrons. The monoisotopic (exact) mass is 247 g/mol. The molecule has 1 aromatic heterocycles. The maximum absolute atomic E-state index is 12.2. The van der Waals surface area contributed by atoms with Crippen molar-refractivity contribution in [3.05, 3.63) is 23.8 Å². The lowest BCUT2D eigenvalue weighted by atomic mass is 9.92. The molecule has 0 unspecified atom stereocenters. The van der Waals surface area contributed by atoms with E-state index < -0.39 is 0 Å². The van der Waals surface area contributed by atoms with Crippen LogP contribution in [0.3, 0.4) is 0 Å². The predicted molar refractivity (Wildman–Crippen MR) is 70.3 cm³/mol. The molecule has 0 spiro atoms. The van der Waals surface area contributed by atoms with Crippen LogP contribution in [0, 0.1) is 12.8 Å². The maximum Gasteiger partial charge on any atom is 0.291 e. The number of piperidine rings is 1. The average Bonchev–Trinajstić information content (AvgIpc) is 2.39. The Hall–Kier alpha value is -1.45. The Morgan fingerprint density at radius 2 is 2.17 bits per heavy atom. The van der Waals surface area contributed by atoms with E-state index in [4.69, 9.17) is 0 Å². The molecule has 18 heavy (non-hydrogen) atoms. The molecular formula is C14H21N3O. The highest BCUT2D eigenvalue weighted by Crippen LogP contribution is 2.22. The SMILES string of the molecule is CCCC1CCN(C(=O)c2nccc(C)n2)CC1. The molecule has 1 saturated heterocycles. The van der Waals surface area contributed by atoms with Crippen molar-refractivity contribution in [1.29, 1.82) is 0 Å². The van der Waals surface area contributed by atoms with E-state index in [2.05, 4.69) is 16.9 Å². The zero-order valence-corrected chi connectivity index (χ0v) is 11.2. The van der Waals surface area contributed by atoms with Gasteiger partial charge in [-0.25, -0.2) is 9.97 Å². The third-order valence-corrected chi connectivity index (χ3v) is 3.58. The molecule has 0 saturated carbocycles. The smallest absolute Gasteiger partial charge is 0.291 e. The number of rotatable bonds is 3. The first-order valence-electron chi connectivity index (χ1n) is 6.79. The molecular weight excluding hydrogens is 226 g/mol. The first-order valence-corrected chi connectivity index (χ1v) is 6.79. The van der Waals surface area contributed by atoms with Gasteiger partial charge < -0.3 is 4.90 Å². The number of aryl methyl sites for hydroxylation is 1. The maximum atomic E-state index is 12.2. The van der Waals surface area contributed by atoms with Gasteiger partial charge in [-0.2, -0.15) is 0 Å². The van der Waals surface area contributed by atoms with Gasteiger partial charge in [0.2, 0.25) is 5.82 Å². The lowest BCUT2D eigenvalue weighted by molar-refractivity contribution is 0.0674. The predicted octanol–water partition coefficient (Wildman–Crippen LogP) is 2.44. The summed E-state index contributed by atoms with van der Waals surface area (Å²) < 4.78 is 0. The second-order valence-corrected chi connectivity index (χ2v) is 5.05. The van der Waals surface area contributed by atoms with Crippen LogP contribution < -0.4 is 0 Å². The molecule has 0 bridgehead atoms. The summed E-state index contributed by atoms with van der Waals surface area (Å²) in [4.78, 5) is 22.4. The minimum absolute atomic E-state index is 0.0198. The Morgan fingerprint density at radius 1 is 1.44 bits per heavy atom. The van der Waals surface area contributed by atoms with E-state index in [0.29, 0.717) is 5.82 Å². The van der Waals surface area contributed by atoms with Gasteiger partial charge >= 0.3 is 0 Å². The summed E-state index contributed by atoms with van der Waals surface area (Å²) in [6, 6.07) is 1.81. The van der Waals surface area contributed by atoms with E-state index in [0.717, 1.165) is 37.5 Å². The van der Waals surface area contributed by atoms with Crippen LogP contribution in [-0.4, -0.2) is 33.9 Å². The van der Waals surface area contributed by atoms with Crippen LogP contribution in [0.25, 0.3) is 0 Å². The summed E-state index contributed by atoms with van der Waals surface area (Å²) in [5.74, 6) is 1.11. The topological polar surface area (TPSA) is 46.1 Å². The minimum Gasteiger partial charge on any atom is -0.336 e. The van der Waals surface area contributed by atoms with Crippen LogP contribution in [-0.2, 0) is 0 Å². The number of hydrogen-bond donors (Lipinski definition) is 0. The number of aromatic nitrogens is 2. The highest BCUT2D eigenvalue weighted by atomic mass is 16.2. The van der Waals surface area contributed by atoms with Gasteiger partial charge in [-0.05, 0) is 31.7 Å². The van der Waals surface area contributed by atoms with Crippen molar-refractivity contribution in [3.63, 3.8) is 0 Å². The molecule has 2 rings (SSSR count). The van der Waals surface area contributed by atoms with Crippen LogP contribution in [0.2, 0.25) is 0 Å². The average molecular weight is 247 g/mol. The molecule has 4 heteroatoms. The first-order chi connectivity index (χ1) is 8.70. The lowest BCUT2D eigenvalue weighted by Crippen LogP contribution is -2.39. The van der Waals surface area contributed by atoms with E-state index in [9.17, 15) is 4.79 Å². The van der Waals surface area contributed by atoms with Crippen LogP contribution in [0.15, 0.2) is 12.3 Å². The fourth-order valence-electron chi connectivity index (χ4n) is 2.53. The Kier molecular flexibility index (Phi) is 4.28. The summed E-state index contributed by atoms with van der Waals surface area (Å²) in [6.07, 6.45) is 6.40. The van der Waals surface area contributed by atoms with Crippen LogP contribution in [0.1, 0.15) is 48.9 Å². The molecule has 2 heterocycles. The standard InChI is InChI=1S/C14H21N3O/c1-3-4-12-6-9-17(10-7-12)14(18)13-15-8-5-11(2)16-13/h5,8,12H,3-4,6-7,9-10H2,1-2H3. The highest BCUT2D eigenvalue weighted by Gasteiger charge is 2.24. The summed E-state index contributed by atoms with van der Waals surface area (Å²) in [5, 5.41) is 0. The number of hydrogen-bond acceptors (Lipinski definition) is 3. The van der Waals surface area contributed by atoms with Crippen LogP contribution in [0.5, 0.6) is 0 Å². The Labute approximate surface area is 108 Å². The lowest BCUT2D eigenvalue weighted by Gasteiger charge is -2.31. The summed E-state index contributed by atoms with van der Waals surface area (Å²) >= 11 is 0. The quantitative estimate of drug-likeness (QED) is 0.824. The Balaban J connectivity index is 1.95. The second kappa shape index (κ2) is 5.94. The largest absolute Gasteiger partial charge is 0.336 e. The fraction of sp³-hybridized carbons (Fsp3) is 0.643. The van der Waals surface area contributed by atoms with Gasteiger partial charge in [0.1, 0.15) is 0 Å². The van der Waals surface area contributed by atoms with Gasteiger partial charge in [0.25, 0.3) is 5.91 Å². The first kappa shape index (κ1) is 13.0. The van der Waals surface area contributed by atoms with Crippen LogP contribution >= 0.6 is 0 Å². The molecule has 1 aliphatic heterocycles. The molecule has 0 radical (unpaired) electrons. The van der Waals surface area contributed by atoms with E-state index >= 15 is 0 Å². The molecule has 4 nitrogen and oxygen atoms in total. The van der Waals surface area contributed by atoms with Crippen molar-refractivity contribution in [3.8, 4) is 0 Å². The minimum atomic E-state index is -0.0198. The summed E-state index contributed by atoms with van der Waals surface area (Å²) in [5.41, 5.74) is 0.842. The molecule has 1 aliphatic rings. The molecule has 1 fully saturated rings. The van der Waals surface area contributed by atoms with E-state index in [1.165, 1.54) is 12.8 Å². The van der Waals surface area contributed by atoms with Crippen molar-refractivity contribution in [2.24, 2.45) is 5.92 Å². The fourth-order valence-corrected chi connectivity index (χ4v) is 2.53. The second-order valence-electron chi connectivity index (χ2n) is 5.05. The molecule has 1 amide bonds. The van der Waals surface area contributed by atoms with E-state index in [1.807, 2.05) is 17.9 Å². The molecule has 0 aromatic carbocycles. The molecule has 1 aromatic rings. The Morgan fingerprint density at radius 3 is 2.78 bits per heavy atom. The summed E-state index contributed by atoms with van der Waals surface area (Å²) in [6.45, 7) is 5.80. The number of likely N-dealkylation sites (tertiary alicyclic amines) is 1. The third-order valence-electron chi connectivity index (χ3n) is 3.58. The van der Waals surface area contributed by atoms with Crippen molar-refractivity contribution >= 4 is 5.91 Å². The molecule has 0 atom stereocenters. The van der Waals surface area contributed by atoms with Crippen LogP contribution in [0.4, 0.5) is 0 Å². The molecule has 0 N–H and O–H groups in total. The van der Waals surface area contributed by atoms with Crippen molar-refractivity contribution in [2.75, 3.05) is 13.1 Å². The van der Waals surface area contributed by atoms with Gasteiger partial charge in [0, 0.05) is 25.0 Å². The number of amides is 1. The number of nitrogens with zero attached hydrogens (tertiary/aromatic N) is 3. The van der Waals surface area contributed by atoms with Gasteiger partial charge in [-0.1, -0.05) is 19.8 Å². The normalized spacial score (nSPS) is 16.9. The number of carbonyl (C=O) groups is 1. The highest BCUT2D eigenvalue weighted by molar-refractivity contribution is 5.90. The van der Waals surface area contributed by atoms with E-state index in [-0.39, 0.29) is 5.91 Å². The third kappa shape index (κ3) is 3.06. The van der Waals surface area contributed by atoms with Crippen molar-refractivity contribution < 1.29 is 4.79 Å². The summed E-state index contributed by atoms with van der Waals surface area (Å²) in [7, 11) is 0. The van der Waals surface area contributed by atoms with Gasteiger partial charge in [0.15, 0.2) is 0 Å².